The summed E-state index contributed by atoms with van der Waals surface area (Å²) in [4.78, 5) is 11.0. The zero-order valence-corrected chi connectivity index (χ0v) is 14.9. The second-order valence-electron chi connectivity index (χ2n) is 8.75. The Morgan fingerprint density at radius 1 is 1.08 bits per heavy atom. The molecule has 6 rings (SSSR count). The Labute approximate surface area is 154 Å². The van der Waals surface area contributed by atoms with Crippen molar-refractivity contribution in [1.29, 1.82) is 0 Å². The molecule has 4 bridgehead atoms. The number of carboxylic acid groups (broad SMARTS) is 1. The van der Waals surface area contributed by atoms with E-state index in [1.54, 1.807) is 12.1 Å². The molecule has 5 aliphatic carbocycles. The molecular formula is C23H26O3. The highest BCUT2D eigenvalue weighted by Crippen LogP contribution is 2.72. The molecule has 3 fully saturated rings. The Morgan fingerprint density at radius 2 is 1.85 bits per heavy atom. The van der Waals surface area contributed by atoms with E-state index in [-0.39, 0.29) is 0 Å². The minimum absolute atomic E-state index is 0.335. The molecule has 136 valence electrons. The van der Waals surface area contributed by atoms with Gasteiger partial charge in [-0.05, 0) is 90.7 Å². The SMILES string of the molecule is O=C(O)/C=C/C1C2C[C@@H]3C(CCCc4ccc(O)cc4)[C@@H]4[C@H]3[C@@H]2C=C[C@@H]14. The summed E-state index contributed by atoms with van der Waals surface area (Å²) in [7, 11) is 0. The minimum atomic E-state index is -0.817. The molecule has 2 N–H and O–H groups in total. The van der Waals surface area contributed by atoms with E-state index in [9.17, 15) is 9.90 Å². The van der Waals surface area contributed by atoms with E-state index in [1.807, 2.05) is 18.2 Å². The van der Waals surface area contributed by atoms with Gasteiger partial charge in [0.25, 0.3) is 0 Å². The number of hydrogen-bond acceptors (Lipinski definition) is 2. The van der Waals surface area contributed by atoms with Gasteiger partial charge in [-0.15, -0.1) is 0 Å². The summed E-state index contributed by atoms with van der Waals surface area (Å²) in [5.41, 5.74) is 1.30. The minimum Gasteiger partial charge on any atom is -0.508 e. The summed E-state index contributed by atoms with van der Waals surface area (Å²) >= 11 is 0. The average molecular weight is 350 g/mol. The highest BCUT2D eigenvalue weighted by atomic mass is 16.4. The quantitative estimate of drug-likeness (QED) is 0.594. The molecule has 0 heterocycles. The number of benzene rings is 1. The van der Waals surface area contributed by atoms with Crippen molar-refractivity contribution in [2.75, 3.05) is 0 Å². The van der Waals surface area contributed by atoms with Gasteiger partial charge in [0.2, 0.25) is 0 Å². The second kappa shape index (κ2) is 6.00. The molecule has 0 aromatic heterocycles. The van der Waals surface area contributed by atoms with Gasteiger partial charge in [-0.3, -0.25) is 0 Å². The molecule has 1 aromatic rings. The van der Waals surface area contributed by atoms with Gasteiger partial charge >= 0.3 is 5.97 Å². The van der Waals surface area contributed by atoms with Gasteiger partial charge in [0, 0.05) is 6.08 Å². The molecule has 3 heteroatoms. The lowest BCUT2D eigenvalue weighted by atomic mass is 9.45. The molecule has 3 saturated carbocycles. The molecule has 0 saturated heterocycles. The number of hydrogen-bond donors (Lipinski definition) is 2. The Balaban J connectivity index is 1.27. The number of allylic oxidation sites excluding steroid dienone is 3. The smallest absolute Gasteiger partial charge is 0.327 e. The van der Waals surface area contributed by atoms with Crippen molar-refractivity contribution in [1.82, 2.24) is 0 Å². The first-order valence-electron chi connectivity index (χ1n) is 10.0. The first-order valence-corrected chi connectivity index (χ1v) is 10.0. The summed E-state index contributed by atoms with van der Waals surface area (Å²) in [6.45, 7) is 0. The first-order chi connectivity index (χ1) is 12.6. The summed E-state index contributed by atoms with van der Waals surface area (Å²) in [5, 5.41) is 18.4. The van der Waals surface area contributed by atoms with Crippen molar-refractivity contribution in [3.63, 3.8) is 0 Å². The van der Waals surface area contributed by atoms with Crippen LogP contribution < -0.4 is 0 Å². The third kappa shape index (κ3) is 2.36. The van der Waals surface area contributed by atoms with Crippen LogP contribution >= 0.6 is 0 Å². The Hall–Kier alpha value is -2.03. The molecule has 3 unspecified atom stereocenters. The fraction of sp³-hybridized carbons (Fsp3) is 0.522. The Bertz CT molecular complexity index is 762. The Kier molecular flexibility index (Phi) is 3.73. The van der Waals surface area contributed by atoms with E-state index in [0.29, 0.717) is 29.4 Å². The summed E-state index contributed by atoms with van der Waals surface area (Å²) in [6, 6.07) is 7.60. The fourth-order valence-corrected chi connectivity index (χ4v) is 6.98. The van der Waals surface area contributed by atoms with Crippen molar-refractivity contribution >= 4 is 5.97 Å². The van der Waals surface area contributed by atoms with Gasteiger partial charge in [-0.1, -0.05) is 30.4 Å². The molecule has 1 aromatic carbocycles. The van der Waals surface area contributed by atoms with Gasteiger partial charge in [0.1, 0.15) is 5.75 Å². The van der Waals surface area contributed by atoms with Crippen LogP contribution in [0.5, 0.6) is 5.75 Å². The number of rotatable bonds is 6. The topological polar surface area (TPSA) is 57.5 Å². The van der Waals surface area contributed by atoms with Crippen molar-refractivity contribution in [2.24, 2.45) is 47.3 Å². The van der Waals surface area contributed by atoms with E-state index in [1.165, 1.54) is 30.9 Å². The highest BCUT2D eigenvalue weighted by Gasteiger charge is 2.67. The molecule has 3 nitrogen and oxygen atoms in total. The van der Waals surface area contributed by atoms with Gasteiger partial charge < -0.3 is 10.2 Å². The zero-order chi connectivity index (χ0) is 17.8. The van der Waals surface area contributed by atoms with Crippen LogP contribution in [0.2, 0.25) is 0 Å². The van der Waals surface area contributed by atoms with Crippen molar-refractivity contribution in [2.45, 2.75) is 25.7 Å². The lowest BCUT2D eigenvalue weighted by Gasteiger charge is -2.59. The number of carbonyl (C=O) groups is 1. The molecular weight excluding hydrogens is 324 g/mol. The van der Waals surface area contributed by atoms with E-state index >= 15 is 0 Å². The predicted molar refractivity (Wildman–Crippen MR) is 99.5 cm³/mol. The van der Waals surface area contributed by atoms with E-state index in [4.69, 9.17) is 5.11 Å². The van der Waals surface area contributed by atoms with Crippen molar-refractivity contribution in [3.8, 4) is 5.75 Å². The number of aromatic hydroxyl groups is 1. The first kappa shape index (κ1) is 16.2. The van der Waals surface area contributed by atoms with Crippen molar-refractivity contribution in [3.05, 3.63) is 54.1 Å². The number of aliphatic carboxylic acids is 1. The van der Waals surface area contributed by atoms with E-state index in [2.05, 4.69) is 12.2 Å². The number of carboxylic acids is 1. The van der Waals surface area contributed by atoms with Crippen molar-refractivity contribution < 1.29 is 15.0 Å². The number of phenols is 1. The maximum atomic E-state index is 11.0. The van der Waals surface area contributed by atoms with Gasteiger partial charge in [-0.2, -0.15) is 0 Å². The third-order valence-electron chi connectivity index (χ3n) is 7.81. The number of aryl methyl sites for hydroxylation is 1. The van der Waals surface area contributed by atoms with Crippen LogP contribution in [0.3, 0.4) is 0 Å². The Morgan fingerprint density at radius 3 is 2.62 bits per heavy atom. The van der Waals surface area contributed by atoms with Crippen LogP contribution in [0, 0.1) is 47.3 Å². The second-order valence-corrected chi connectivity index (χ2v) is 8.75. The predicted octanol–water partition coefficient (Wildman–Crippen LogP) is 4.29. The van der Waals surface area contributed by atoms with Crippen LogP contribution in [0.4, 0.5) is 0 Å². The van der Waals surface area contributed by atoms with Gasteiger partial charge in [0.15, 0.2) is 0 Å². The maximum Gasteiger partial charge on any atom is 0.327 e. The molecule has 0 radical (unpaired) electrons. The van der Waals surface area contributed by atoms with Crippen LogP contribution in [0.25, 0.3) is 0 Å². The van der Waals surface area contributed by atoms with E-state index in [0.717, 1.165) is 30.1 Å². The van der Waals surface area contributed by atoms with Crippen LogP contribution in [0.15, 0.2) is 48.6 Å². The zero-order valence-electron chi connectivity index (χ0n) is 14.9. The molecule has 0 amide bonds. The molecule has 8 atom stereocenters. The number of phenolic OH excluding ortho intramolecular Hbond substituents is 1. The van der Waals surface area contributed by atoms with Crippen LogP contribution in [-0.2, 0) is 11.2 Å². The summed E-state index contributed by atoms with van der Waals surface area (Å²) < 4.78 is 0. The summed E-state index contributed by atoms with van der Waals surface area (Å²) in [5.74, 6) is 5.23. The maximum absolute atomic E-state index is 11.0. The summed E-state index contributed by atoms with van der Waals surface area (Å²) in [6.07, 6.45) is 13.1. The molecule has 0 aliphatic heterocycles. The molecule has 0 spiro atoms. The monoisotopic (exact) mass is 350 g/mol. The largest absolute Gasteiger partial charge is 0.508 e. The van der Waals surface area contributed by atoms with Gasteiger partial charge in [-0.25, -0.2) is 4.79 Å². The average Bonchev–Trinajstić information content (AvgIpc) is 2.85. The van der Waals surface area contributed by atoms with Crippen LogP contribution in [-0.4, -0.2) is 16.2 Å². The molecule has 26 heavy (non-hydrogen) atoms. The van der Waals surface area contributed by atoms with Crippen LogP contribution in [0.1, 0.15) is 24.8 Å². The third-order valence-corrected chi connectivity index (χ3v) is 7.81. The van der Waals surface area contributed by atoms with Gasteiger partial charge in [0.05, 0.1) is 0 Å². The highest BCUT2D eigenvalue weighted by molar-refractivity contribution is 5.79. The van der Waals surface area contributed by atoms with E-state index < -0.39 is 5.97 Å². The molecule has 5 aliphatic rings. The normalized spacial score (nSPS) is 41.5. The standard InChI is InChI=1S/C23H26O3/c24-14-6-4-13(5-7-14)2-1-3-16-20-12-19-15(10-11-21(25)26)17-8-9-18(19)23(20)22(16)17/h4-11,15-20,22-24H,1-3,12H2,(H,25,26)/b11-10+/t15?,16?,17-,18+,19?,20+,22-,23-/m0/s1. The fourth-order valence-electron chi connectivity index (χ4n) is 6.98. The lowest BCUT2D eigenvalue weighted by molar-refractivity contribution is -0.131. The lowest BCUT2D eigenvalue weighted by Crippen LogP contribution is -2.55.